The van der Waals surface area contributed by atoms with Gasteiger partial charge in [0, 0.05) is 37.6 Å². The average molecular weight is 516 g/mol. The van der Waals surface area contributed by atoms with Crippen LogP contribution in [0.3, 0.4) is 0 Å². The Hall–Kier alpha value is -2.68. The summed E-state index contributed by atoms with van der Waals surface area (Å²) in [5.41, 5.74) is -1.34. The first kappa shape index (κ1) is 25.0. The number of sulfonamides is 1. The number of piperazine rings is 1. The Kier molecular flexibility index (Phi) is 6.25. The van der Waals surface area contributed by atoms with Gasteiger partial charge in [-0.1, -0.05) is 17.3 Å². The SMILES string of the molecule is C#CC1CN(S(=O)(=O)c2cnc(N)s2)CCN1c1ncc(C(O)(C(F)(F)F)C(F)(F)F)cn1. The molecule has 180 valence electrons. The van der Waals surface area contributed by atoms with E-state index in [2.05, 4.69) is 20.9 Å². The minimum absolute atomic E-state index is 0.0341. The zero-order valence-corrected chi connectivity index (χ0v) is 17.8. The first-order chi connectivity index (χ1) is 15.1. The highest BCUT2D eigenvalue weighted by atomic mass is 32.2. The van der Waals surface area contributed by atoms with Gasteiger partial charge < -0.3 is 15.7 Å². The molecule has 1 aliphatic rings. The van der Waals surface area contributed by atoms with Crippen LogP contribution in [0.5, 0.6) is 0 Å². The molecule has 1 atom stereocenters. The molecule has 1 fully saturated rings. The standard InChI is InChI=1S/C16H14F6N6O3S2/c1-2-10-8-27(33(30,31)11-7-24-12(23)32-11)3-4-28(10)13-25-5-9(6-26-13)14(29,15(17,18)19)16(20,21)22/h1,5-7,10,29H,3-4,8H2,(H2,23,24). The monoisotopic (exact) mass is 516 g/mol. The molecule has 2 aromatic heterocycles. The van der Waals surface area contributed by atoms with Crippen molar-refractivity contribution in [3.63, 3.8) is 0 Å². The summed E-state index contributed by atoms with van der Waals surface area (Å²) >= 11 is 0.742. The summed E-state index contributed by atoms with van der Waals surface area (Å²) in [5.74, 6) is 1.96. The van der Waals surface area contributed by atoms with Crippen molar-refractivity contribution >= 4 is 32.4 Å². The molecule has 0 aromatic carbocycles. The van der Waals surface area contributed by atoms with Gasteiger partial charge in [-0.2, -0.15) is 30.6 Å². The van der Waals surface area contributed by atoms with Crippen LogP contribution in [0.4, 0.5) is 37.4 Å². The lowest BCUT2D eigenvalue weighted by molar-refractivity contribution is -0.376. The van der Waals surface area contributed by atoms with E-state index in [9.17, 15) is 39.9 Å². The number of alkyl halides is 6. The molecule has 3 N–H and O–H groups in total. The van der Waals surface area contributed by atoms with Crippen LogP contribution >= 0.6 is 11.3 Å². The van der Waals surface area contributed by atoms with Crippen molar-refractivity contribution in [2.45, 2.75) is 28.2 Å². The lowest BCUT2D eigenvalue weighted by atomic mass is 9.95. The Bertz CT molecular complexity index is 1150. The number of thiazole rings is 1. The van der Waals surface area contributed by atoms with Crippen molar-refractivity contribution in [2.75, 3.05) is 30.3 Å². The fraction of sp³-hybridized carbons (Fsp3) is 0.438. The molecule has 3 rings (SSSR count). The van der Waals surface area contributed by atoms with Crippen molar-refractivity contribution in [2.24, 2.45) is 0 Å². The van der Waals surface area contributed by atoms with Crippen LogP contribution in [-0.2, 0) is 15.6 Å². The van der Waals surface area contributed by atoms with Gasteiger partial charge in [-0.3, -0.25) is 0 Å². The number of aromatic nitrogens is 3. The quantitative estimate of drug-likeness (QED) is 0.461. The van der Waals surface area contributed by atoms with Crippen LogP contribution in [0.1, 0.15) is 5.56 Å². The van der Waals surface area contributed by atoms with Crippen LogP contribution in [-0.4, -0.2) is 70.8 Å². The van der Waals surface area contributed by atoms with Crippen molar-refractivity contribution in [3.8, 4) is 12.3 Å². The summed E-state index contributed by atoms with van der Waals surface area (Å²) in [7, 11) is -3.99. The fourth-order valence-electron chi connectivity index (χ4n) is 3.02. The largest absolute Gasteiger partial charge is 0.430 e. The smallest absolute Gasteiger partial charge is 0.375 e. The van der Waals surface area contributed by atoms with Gasteiger partial charge in [0.1, 0.15) is 6.04 Å². The highest BCUT2D eigenvalue weighted by Crippen LogP contribution is 2.49. The van der Waals surface area contributed by atoms with E-state index >= 15 is 0 Å². The van der Waals surface area contributed by atoms with E-state index in [0.29, 0.717) is 0 Å². The minimum atomic E-state index is -6.09. The van der Waals surface area contributed by atoms with Crippen molar-refractivity contribution in [1.82, 2.24) is 19.3 Å². The Morgan fingerprint density at radius 1 is 1.09 bits per heavy atom. The Labute approximate surface area is 186 Å². The molecule has 0 amide bonds. The Balaban J connectivity index is 1.86. The number of nitrogen functional groups attached to an aromatic ring is 1. The Morgan fingerprint density at radius 3 is 2.12 bits per heavy atom. The number of nitrogens with zero attached hydrogens (tertiary/aromatic N) is 5. The second-order valence-electron chi connectivity index (χ2n) is 6.73. The summed E-state index contributed by atoms with van der Waals surface area (Å²) in [5, 5.41) is 9.46. The van der Waals surface area contributed by atoms with E-state index < -0.39 is 39.6 Å². The number of halogens is 6. The first-order valence-electron chi connectivity index (χ1n) is 8.75. The van der Waals surface area contributed by atoms with Gasteiger partial charge in [-0.15, -0.1) is 6.42 Å². The van der Waals surface area contributed by atoms with Crippen molar-refractivity contribution in [3.05, 3.63) is 24.2 Å². The average Bonchev–Trinajstić information content (AvgIpc) is 3.18. The number of anilines is 2. The van der Waals surface area contributed by atoms with Gasteiger partial charge in [0.15, 0.2) is 9.34 Å². The predicted molar refractivity (Wildman–Crippen MR) is 103 cm³/mol. The zero-order valence-electron chi connectivity index (χ0n) is 16.2. The third kappa shape index (κ3) is 4.30. The highest BCUT2D eigenvalue weighted by Gasteiger charge is 2.71. The maximum absolute atomic E-state index is 13.0. The molecule has 0 spiro atoms. The molecule has 1 aliphatic heterocycles. The number of hydrogen-bond acceptors (Lipinski definition) is 9. The van der Waals surface area contributed by atoms with Crippen molar-refractivity contribution in [1.29, 1.82) is 0 Å². The summed E-state index contributed by atoms with van der Waals surface area (Å²) in [6.45, 7) is -0.528. The fourth-order valence-corrected chi connectivity index (χ4v) is 5.53. The lowest BCUT2D eigenvalue weighted by Gasteiger charge is -2.38. The van der Waals surface area contributed by atoms with Gasteiger partial charge in [0.25, 0.3) is 15.6 Å². The molecular formula is C16H14F6N6O3S2. The number of hydrogen-bond donors (Lipinski definition) is 2. The Morgan fingerprint density at radius 2 is 1.67 bits per heavy atom. The number of nitrogens with two attached hydrogens (primary N) is 1. The van der Waals surface area contributed by atoms with E-state index in [0.717, 1.165) is 21.8 Å². The van der Waals surface area contributed by atoms with Gasteiger partial charge in [0.2, 0.25) is 5.95 Å². The van der Waals surface area contributed by atoms with Crippen LogP contribution in [0, 0.1) is 12.3 Å². The molecular weight excluding hydrogens is 502 g/mol. The minimum Gasteiger partial charge on any atom is -0.375 e. The molecule has 1 unspecified atom stereocenters. The number of aliphatic hydroxyl groups is 1. The van der Waals surface area contributed by atoms with Crippen LogP contribution < -0.4 is 10.6 Å². The molecule has 9 nitrogen and oxygen atoms in total. The molecule has 33 heavy (non-hydrogen) atoms. The molecule has 2 aromatic rings. The van der Waals surface area contributed by atoms with E-state index in [1.807, 2.05) is 0 Å². The second kappa shape index (κ2) is 8.27. The van der Waals surface area contributed by atoms with E-state index in [-0.39, 0.29) is 47.3 Å². The predicted octanol–water partition coefficient (Wildman–Crippen LogP) is 1.34. The van der Waals surface area contributed by atoms with E-state index in [4.69, 9.17) is 12.2 Å². The van der Waals surface area contributed by atoms with E-state index in [1.165, 1.54) is 4.90 Å². The normalized spacial score (nSPS) is 18.8. The van der Waals surface area contributed by atoms with E-state index in [1.54, 1.807) is 0 Å². The molecule has 3 heterocycles. The first-order valence-corrected chi connectivity index (χ1v) is 11.0. The second-order valence-corrected chi connectivity index (χ2v) is 9.96. The maximum atomic E-state index is 13.0. The van der Waals surface area contributed by atoms with Crippen LogP contribution in [0.2, 0.25) is 0 Å². The topological polar surface area (TPSA) is 126 Å². The zero-order chi connectivity index (χ0) is 24.8. The molecule has 0 aliphatic carbocycles. The van der Waals surface area contributed by atoms with Gasteiger partial charge in [-0.05, 0) is 0 Å². The van der Waals surface area contributed by atoms with Crippen molar-refractivity contribution < 1.29 is 39.9 Å². The molecule has 1 saturated heterocycles. The third-order valence-corrected chi connectivity index (χ3v) is 7.89. The van der Waals surface area contributed by atoms with Gasteiger partial charge in [0.05, 0.1) is 6.20 Å². The van der Waals surface area contributed by atoms with Gasteiger partial charge >= 0.3 is 12.4 Å². The molecule has 0 bridgehead atoms. The summed E-state index contributed by atoms with van der Waals surface area (Å²) in [6, 6.07) is -0.992. The van der Waals surface area contributed by atoms with Crippen LogP contribution in [0.15, 0.2) is 22.8 Å². The number of terminal acetylenes is 1. The molecule has 0 saturated carbocycles. The highest BCUT2D eigenvalue weighted by molar-refractivity contribution is 7.91. The summed E-state index contributed by atoms with van der Waals surface area (Å²) in [4.78, 5) is 11.9. The third-order valence-electron chi connectivity index (χ3n) is 4.77. The van der Waals surface area contributed by atoms with Gasteiger partial charge in [-0.25, -0.2) is 23.4 Å². The summed E-state index contributed by atoms with van der Waals surface area (Å²) < 4.78 is 104. The molecule has 0 radical (unpaired) electrons. The molecule has 17 heteroatoms. The number of rotatable bonds is 4. The summed E-state index contributed by atoms with van der Waals surface area (Å²) in [6.07, 6.45) is -5.25. The maximum Gasteiger partial charge on any atom is 0.430 e. The van der Waals surface area contributed by atoms with Crippen LogP contribution in [0.25, 0.3) is 0 Å². The lowest BCUT2D eigenvalue weighted by Crippen LogP contribution is -2.55.